The monoisotopic (exact) mass is 528 g/mol. The average Bonchev–Trinajstić information content (AvgIpc) is 3.10. The molecule has 204 valence electrons. The van der Waals surface area contributed by atoms with Gasteiger partial charge < -0.3 is 20.5 Å². The van der Waals surface area contributed by atoms with Crippen molar-refractivity contribution in [3.05, 3.63) is 81.9 Å². The molecule has 8 nitrogen and oxygen atoms in total. The first kappa shape index (κ1) is 26.4. The normalized spacial score (nSPS) is 14.8. The minimum atomic E-state index is -1.27. The Hall–Kier alpha value is -4.20. The van der Waals surface area contributed by atoms with Crippen molar-refractivity contribution in [2.24, 2.45) is 0 Å². The molecule has 2 heterocycles. The molecule has 2 amide bonds. The van der Waals surface area contributed by atoms with E-state index >= 15 is 0 Å². The molecule has 3 aromatic carbocycles. The van der Waals surface area contributed by atoms with Crippen molar-refractivity contribution in [2.45, 2.75) is 59.5 Å². The summed E-state index contributed by atoms with van der Waals surface area (Å²) >= 11 is 0. The smallest absolute Gasteiger partial charge is 0.426 e. The summed E-state index contributed by atoms with van der Waals surface area (Å²) in [5.74, 6) is 0.775. The maximum atomic E-state index is 14.3. The standard InChI is InChI=1S/C31H36N4O4/c1-8-32-24-16-26-22(14-18(24)3)31(23-15-19(4)25(33-9-2)17-27(23)39-26)21-13-11-10-12-20(21)28(36)34(31)35(29(37)38)30(5,6)7/h10-17,32-33H,8-9H2,1-7H3,(H,37,38). The van der Waals surface area contributed by atoms with E-state index in [2.05, 4.69) is 10.6 Å². The zero-order chi connectivity index (χ0) is 28.3. The fourth-order valence-corrected chi connectivity index (χ4v) is 5.93. The molecule has 0 radical (unpaired) electrons. The average molecular weight is 529 g/mol. The lowest BCUT2D eigenvalue weighted by Gasteiger charge is -2.50. The van der Waals surface area contributed by atoms with Crippen LogP contribution in [0.2, 0.25) is 0 Å². The highest BCUT2D eigenvalue weighted by atomic mass is 16.5. The first-order chi connectivity index (χ1) is 18.5. The first-order valence-electron chi connectivity index (χ1n) is 13.4. The molecule has 2 aliphatic heterocycles. The number of carbonyl (C=O) groups is 2. The Morgan fingerprint density at radius 1 is 0.923 bits per heavy atom. The second-order valence-corrected chi connectivity index (χ2v) is 11.1. The van der Waals surface area contributed by atoms with Crippen molar-refractivity contribution in [3.8, 4) is 11.5 Å². The zero-order valence-corrected chi connectivity index (χ0v) is 23.6. The summed E-state index contributed by atoms with van der Waals surface area (Å²) in [6, 6.07) is 15.4. The molecule has 39 heavy (non-hydrogen) atoms. The van der Waals surface area contributed by atoms with E-state index in [1.54, 1.807) is 26.8 Å². The van der Waals surface area contributed by atoms with Gasteiger partial charge in [-0.05, 0) is 77.8 Å². The van der Waals surface area contributed by atoms with E-state index in [-0.39, 0.29) is 5.91 Å². The van der Waals surface area contributed by atoms with Crippen molar-refractivity contribution < 1.29 is 19.4 Å². The van der Waals surface area contributed by atoms with Gasteiger partial charge in [-0.1, -0.05) is 18.2 Å². The summed E-state index contributed by atoms with van der Waals surface area (Å²) in [6.07, 6.45) is -1.21. The molecular formula is C31H36N4O4. The Kier molecular flexibility index (Phi) is 6.24. The molecule has 3 aromatic rings. The highest BCUT2D eigenvalue weighted by Gasteiger charge is 2.61. The Morgan fingerprint density at radius 3 is 1.90 bits per heavy atom. The van der Waals surface area contributed by atoms with Gasteiger partial charge in [0.2, 0.25) is 0 Å². The van der Waals surface area contributed by atoms with Crippen LogP contribution in [0.4, 0.5) is 16.2 Å². The van der Waals surface area contributed by atoms with Gasteiger partial charge in [0.25, 0.3) is 5.91 Å². The molecule has 3 N–H and O–H groups in total. The van der Waals surface area contributed by atoms with E-state index in [1.165, 1.54) is 10.0 Å². The van der Waals surface area contributed by atoms with Crippen LogP contribution >= 0.6 is 0 Å². The van der Waals surface area contributed by atoms with Gasteiger partial charge in [-0.3, -0.25) is 4.79 Å². The fraction of sp³-hybridized carbons (Fsp3) is 0.355. The molecule has 1 spiro atoms. The Bertz CT molecular complexity index is 1430. The fourth-order valence-electron chi connectivity index (χ4n) is 5.93. The van der Waals surface area contributed by atoms with Crippen LogP contribution in [0, 0.1) is 13.8 Å². The maximum absolute atomic E-state index is 14.3. The number of hydrazine groups is 1. The predicted molar refractivity (Wildman–Crippen MR) is 153 cm³/mol. The topological polar surface area (TPSA) is 94.1 Å². The third-order valence-corrected chi connectivity index (χ3v) is 7.46. The predicted octanol–water partition coefficient (Wildman–Crippen LogP) is 6.71. The number of nitrogens with one attached hydrogen (secondary N) is 2. The molecular weight excluding hydrogens is 492 g/mol. The van der Waals surface area contributed by atoms with E-state index in [0.717, 1.165) is 52.3 Å². The summed E-state index contributed by atoms with van der Waals surface area (Å²) in [4.78, 5) is 27.3. The van der Waals surface area contributed by atoms with Crippen molar-refractivity contribution in [1.82, 2.24) is 10.0 Å². The Labute approximate surface area is 229 Å². The number of aryl methyl sites for hydroxylation is 2. The van der Waals surface area contributed by atoms with E-state index in [9.17, 15) is 14.7 Å². The lowest BCUT2D eigenvalue weighted by molar-refractivity contribution is -0.0783. The van der Waals surface area contributed by atoms with Crippen LogP contribution < -0.4 is 15.4 Å². The second kappa shape index (κ2) is 9.22. The van der Waals surface area contributed by atoms with Gasteiger partial charge in [0.15, 0.2) is 0 Å². The van der Waals surface area contributed by atoms with Crippen LogP contribution in [-0.2, 0) is 5.54 Å². The molecule has 2 aliphatic rings. The van der Waals surface area contributed by atoms with Gasteiger partial charge in [-0.15, -0.1) is 0 Å². The largest absolute Gasteiger partial charge is 0.464 e. The number of hydrogen-bond donors (Lipinski definition) is 3. The van der Waals surface area contributed by atoms with Gasteiger partial charge in [-0.2, -0.15) is 0 Å². The molecule has 0 aliphatic carbocycles. The number of ether oxygens (including phenoxy) is 1. The summed E-state index contributed by atoms with van der Waals surface area (Å²) in [6.45, 7) is 14.9. The minimum Gasteiger partial charge on any atom is -0.464 e. The molecule has 8 heteroatoms. The lowest BCUT2D eigenvalue weighted by Crippen LogP contribution is -2.63. The molecule has 0 aromatic heterocycles. The minimum absolute atomic E-state index is 0.372. The van der Waals surface area contributed by atoms with Crippen molar-refractivity contribution in [3.63, 3.8) is 0 Å². The summed E-state index contributed by atoms with van der Waals surface area (Å²) in [5, 5.41) is 20.0. The third-order valence-electron chi connectivity index (χ3n) is 7.46. The zero-order valence-electron chi connectivity index (χ0n) is 23.6. The van der Waals surface area contributed by atoms with Crippen LogP contribution in [0.5, 0.6) is 11.5 Å². The number of anilines is 2. The molecule has 0 bridgehead atoms. The van der Waals surface area contributed by atoms with Crippen molar-refractivity contribution >= 4 is 23.4 Å². The van der Waals surface area contributed by atoms with Crippen molar-refractivity contribution in [2.75, 3.05) is 23.7 Å². The van der Waals surface area contributed by atoms with Gasteiger partial charge >= 0.3 is 6.09 Å². The molecule has 0 atom stereocenters. The van der Waals surface area contributed by atoms with Crippen LogP contribution in [0.15, 0.2) is 48.5 Å². The molecule has 0 fully saturated rings. The van der Waals surface area contributed by atoms with Crippen LogP contribution in [0.1, 0.15) is 72.8 Å². The summed E-state index contributed by atoms with van der Waals surface area (Å²) < 4.78 is 6.59. The SMILES string of the molecule is CCNc1cc2c(cc1C)C1(c3cc(C)c(NCC)cc3O2)c2ccccc2C(=O)N1N(C(=O)O)C(C)(C)C. The molecule has 0 unspecified atom stereocenters. The Balaban J connectivity index is 1.96. The van der Waals surface area contributed by atoms with Gasteiger partial charge in [0.1, 0.15) is 17.0 Å². The number of benzene rings is 3. The van der Waals surface area contributed by atoms with E-state index in [1.807, 2.05) is 70.2 Å². The van der Waals surface area contributed by atoms with Crippen LogP contribution in [0.3, 0.4) is 0 Å². The maximum Gasteiger partial charge on any atom is 0.426 e. The quantitative estimate of drug-likeness (QED) is 0.341. The van der Waals surface area contributed by atoms with Gasteiger partial charge in [0.05, 0.1) is 5.54 Å². The van der Waals surface area contributed by atoms with Crippen LogP contribution in [-0.4, -0.2) is 45.8 Å². The number of rotatable bonds is 5. The lowest BCUT2D eigenvalue weighted by atomic mass is 9.74. The molecule has 5 rings (SSSR count). The number of fused-ring (bicyclic) bond motifs is 6. The highest BCUT2D eigenvalue weighted by Crippen LogP contribution is 2.59. The number of nitrogens with zero attached hydrogens (tertiary/aromatic N) is 2. The molecule has 0 saturated carbocycles. The number of amides is 2. The van der Waals surface area contributed by atoms with Crippen molar-refractivity contribution in [1.29, 1.82) is 0 Å². The second-order valence-electron chi connectivity index (χ2n) is 11.1. The van der Waals surface area contributed by atoms with Gasteiger partial charge in [-0.25, -0.2) is 14.8 Å². The Morgan fingerprint density at radius 2 is 1.44 bits per heavy atom. The van der Waals surface area contributed by atoms with E-state index < -0.39 is 17.2 Å². The van der Waals surface area contributed by atoms with Gasteiger partial charge in [0, 0.05) is 58.9 Å². The van der Waals surface area contributed by atoms with E-state index in [0.29, 0.717) is 17.1 Å². The summed E-state index contributed by atoms with van der Waals surface area (Å²) in [7, 11) is 0. The first-order valence-corrected chi connectivity index (χ1v) is 13.4. The van der Waals surface area contributed by atoms with E-state index in [4.69, 9.17) is 4.74 Å². The third kappa shape index (κ3) is 3.80. The number of carbonyl (C=O) groups excluding carboxylic acids is 1. The van der Waals surface area contributed by atoms with Crippen LogP contribution in [0.25, 0.3) is 0 Å². The summed E-state index contributed by atoms with van der Waals surface area (Å²) in [5.41, 5.74) is 4.22. The number of hydrogen-bond acceptors (Lipinski definition) is 5. The highest BCUT2D eigenvalue weighted by molar-refractivity contribution is 6.03. The molecule has 0 saturated heterocycles. The number of carboxylic acid groups (broad SMARTS) is 1.